The summed E-state index contributed by atoms with van der Waals surface area (Å²) in [6.07, 6.45) is 3.46. The van der Waals surface area contributed by atoms with Crippen LogP contribution in [0.3, 0.4) is 0 Å². The zero-order valence-corrected chi connectivity index (χ0v) is 14.7. The van der Waals surface area contributed by atoms with Crippen LogP contribution in [0.2, 0.25) is 0 Å². The van der Waals surface area contributed by atoms with Crippen molar-refractivity contribution in [1.29, 1.82) is 0 Å². The molecule has 2 aromatic rings. The lowest BCUT2D eigenvalue weighted by atomic mass is 10.1. The average Bonchev–Trinajstić information content (AvgIpc) is 3.24. The van der Waals surface area contributed by atoms with Gasteiger partial charge in [-0.1, -0.05) is 25.5 Å². The van der Waals surface area contributed by atoms with Gasteiger partial charge < -0.3 is 9.15 Å². The minimum atomic E-state index is -0.344. The van der Waals surface area contributed by atoms with Gasteiger partial charge in [-0.05, 0) is 43.7 Å². The van der Waals surface area contributed by atoms with E-state index in [0.717, 1.165) is 18.4 Å². The van der Waals surface area contributed by atoms with E-state index in [9.17, 15) is 9.59 Å². The molecule has 0 unspecified atom stereocenters. The van der Waals surface area contributed by atoms with E-state index in [1.54, 1.807) is 43.3 Å². The fourth-order valence-electron chi connectivity index (χ4n) is 2.51. The third kappa shape index (κ3) is 3.91. The van der Waals surface area contributed by atoms with Crippen LogP contribution in [0.1, 0.15) is 42.8 Å². The second kappa shape index (κ2) is 7.82. The van der Waals surface area contributed by atoms with Gasteiger partial charge in [0.2, 0.25) is 0 Å². The van der Waals surface area contributed by atoms with Gasteiger partial charge in [-0.3, -0.25) is 4.79 Å². The molecule has 0 aliphatic carbocycles. The Balaban J connectivity index is 1.78. The molecule has 134 valence electrons. The highest BCUT2D eigenvalue weighted by Gasteiger charge is 2.19. The number of ether oxygens (including phenoxy) is 1. The number of nitrogens with one attached hydrogen (secondary N) is 1. The first-order chi connectivity index (χ1) is 12.6. The van der Waals surface area contributed by atoms with Gasteiger partial charge in [0.05, 0.1) is 23.5 Å². The molecule has 0 saturated carbocycles. The summed E-state index contributed by atoms with van der Waals surface area (Å²) in [7, 11) is 0. The van der Waals surface area contributed by atoms with Crippen molar-refractivity contribution in [2.45, 2.75) is 26.7 Å². The zero-order valence-electron chi connectivity index (χ0n) is 14.7. The van der Waals surface area contributed by atoms with Gasteiger partial charge in [0.15, 0.2) is 0 Å². The number of esters is 1. The summed E-state index contributed by atoms with van der Waals surface area (Å²) in [4.78, 5) is 23.8. The molecule has 0 spiro atoms. The summed E-state index contributed by atoms with van der Waals surface area (Å²) < 4.78 is 11.0. The Bertz CT molecular complexity index is 893. The summed E-state index contributed by atoms with van der Waals surface area (Å²) in [5.74, 6) is 0.548. The number of hydrogen-bond acceptors (Lipinski definition) is 5. The third-order valence-electron chi connectivity index (χ3n) is 3.99. The number of carbonyl (C=O) groups excluding carboxylic acids is 2. The number of amides is 1. The molecule has 6 heteroatoms. The molecule has 1 amide bonds. The number of unbranched alkanes of at least 4 members (excludes halogenated alkanes) is 1. The van der Waals surface area contributed by atoms with E-state index < -0.39 is 0 Å². The molecule has 1 aromatic carbocycles. The molecule has 1 N–H and O–H groups in total. The topological polar surface area (TPSA) is 80.9 Å². The SMILES string of the molecule is CCCCOC(=O)c1cccc(-c2ccc(/C=C3\C(=O)NN=C3C)o2)c1. The Labute approximate surface area is 151 Å². The first-order valence-corrected chi connectivity index (χ1v) is 8.52. The normalized spacial score (nSPS) is 15.1. The van der Waals surface area contributed by atoms with Gasteiger partial charge in [-0.15, -0.1) is 0 Å². The van der Waals surface area contributed by atoms with Crippen molar-refractivity contribution in [2.75, 3.05) is 6.61 Å². The van der Waals surface area contributed by atoms with Gasteiger partial charge in [0, 0.05) is 5.56 Å². The van der Waals surface area contributed by atoms with Crippen LogP contribution in [0.5, 0.6) is 0 Å². The van der Waals surface area contributed by atoms with Crippen molar-refractivity contribution < 1.29 is 18.7 Å². The van der Waals surface area contributed by atoms with Crippen LogP contribution in [0.4, 0.5) is 0 Å². The molecule has 6 nitrogen and oxygen atoms in total. The fraction of sp³-hybridized carbons (Fsp3) is 0.250. The predicted octanol–water partition coefficient (Wildman–Crippen LogP) is 3.79. The number of hydrazone groups is 1. The van der Waals surface area contributed by atoms with Crippen LogP contribution in [0.15, 0.2) is 51.5 Å². The van der Waals surface area contributed by atoms with Gasteiger partial charge in [-0.2, -0.15) is 5.10 Å². The van der Waals surface area contributed by atoms with Crippen molar-refractivity contribution in [2.24, 2.45) is 5.10 Å². The molecule has 2 heterocycles. The van der Waals surface area contributed by atoms with Gasteiger partial charge in [0.25, 0.3) is 5.91 Å². The maximum Gasteiger partial charge on any atom is 0.338 e. The van der Waals surface area contributed by atoms with E-state index in [4.69, 9.17) is 9.15 Å². The van der Waals surface area contributed by atoms with E-state index in [-0.39, 0.29) is 11.9 Å². The second-order valence-electron chi connectivity index (χ2n) is 5.97. The average molecular weight is 352 g/mol. The smallest absolute Gasteiger partial charge is 0.338 e. The van der Waals surface area contributed by atoms with Crippen molar-refractivity contribution in [3.05, 3.63) is 53.3 Å². The lowest BCUT2D eigenvalue weighted by Gasteiger charge is -2.05. The van der Waals surface area contributed by atoms with Crippen molar-refractivity contribution in [1.82, 2.24) is 5.43 Å². The molecule has 0 radical (unpaired) electrons. The van der Waals surface area contributed by atoms with E-state index in [0.29, 0.717) is 35.0 Å². The Kier molecular flexibility index (Phi) is 5.31. The van der Waals surface area contributed by atoms with Crippen LogP contribution < -0.4 is 5.43 Å². The number of hydrogen-bond donors (Lipinski definition) is 1. The Morgan fingerprint density at radius 2 is 2.15 bits per heavy atom. The van der Waals surface area contributed by atoms with Gasteiger partial charge >= 0.3 is 5.97 Å². The maximum atomic E-state index is 12.1. The second-order valence-corrected chi connectivity index (χ2v) is 5.97. The number of furan rings is 1. The number of benzene rings is 1. The highest BCUT2D eigenvalue weighted by molar-refractivity contribution is 6.26. The summed E-state index contributed by atoms with van der Waals surface area (Å²) in [6, 6.07) is 10.7. The van der Waals surface area contributed by atoms with E-state index >= 15 is 0 Å². The standard InChI is InChI=1S/C20H20N2O4/c1-3-4-10-25-20(24)15-7-5-6-14(11-15)18-9-8-16(26-18)12-17-13(2)21-22-19(17)23/h5-9,11-12H,3-4,10H2,1-2H3,(H,22,23)/b17-12-. The summed E-state index contributed by atoms with van der Waals surface area (Å²) in [5, 5.41) is 3.88. The van der Waals surface area contributed by atoms with Crippen molar-refractivity contribution in [3.63, 3.8) is 0 Å². The quantitative estimate of drug-likeness (QED) is 0.487. The molecule has 1 aliphatic heterocycles. The Morgan fingerprint density at radius 1 is 1.31 bits per heavy atom. The molecule has 26 heavy (non-hydrogen) atoms. The summed E-state index contributed by atoms with van der Waals surface area (Å²) in [5.41, 5.74) is 4.74. The number of carbonyl (C=O) groups is 2. The first-order valence-electron chi connectivity index (χ1n) is 8.52. The molecule has 0 atom stereocenters. The van der Waals surface area contributed by atoms with Crippen LogP contribution in [0.25, 0.3) is 17.4 Å². The minimum absolute atomic E-state index is 0.253. The van der Waals surface area contributed by atoms with E-state index in [1.807, 2.05) is 13.0 Å². The van der Waals surface area contributed by atoms with Crippen LogP contribution in [-0.2, 0) is 9.53 Å². The Hall–Kier alpha value is -3.15. The molecular formula is C20H20N2O4. The molecule has 1 aromatic heterocycles. The van der Waals surface area contributed by atoms with E-state index in [2.05, 4.69) is 10.5 Å². The minimum Gasteiger partial charge on any atom is -0.462 e. The van der Waals surface area contributed by atoms with Crippen LogP contribution >= 0.6 is 0 Å². The highest BCUT2D eigenvalue weighted by atomic mass is 16.5. The highest BCUT2D eigenvalue weighted by Crippen LogP contribution is 2.25. The van der Waals surface area contributed by atoms with Gasteiger partial charge in [-0.25, -0.2) is 10.2 Å². The molecular weight excluding hydrogens is 332 g/mol. The zero-order chi connectivity index (χ0) is 18.5. The molecule has 0 bridgehead atoms. The predicted molar refractivity (Wildman–Crippen MR) is 98.6 cm³/mol. The van der Waals surface area contributed by atoms with E-state index in [1.165, 1.54) is 0 Å². The fourth-order valence-corrected chi connectivity index (χ4v) is 2.51. The number of rotatable bonds is 6. The van der Waals surface area contributed by atoms with Crippen molar-refractivity contribution in [3.8, 4) is 11.3 Å². The summed E-state index contributed by atoms with van der Waals surface area (Å²) in [6.45, 7) is 4.21. The maximum absolute atomic E-state index is 12.1. The first kappa shape index (κ1) is 17.7. The lowest BCUT2D eigenvalue weighted by Crippen LogP contribution is -2.12. The molecule has 0 fully saturated rings. The van der Waals surface area contributed by atoms with Crippen molar-refractivity contribution >= 4 is 23.7 Å². The van der Waals surface area contributed by atoms with Gasteiger partial charge in [0.1, 0.15) is 11.5 Å². The largest absolute Gasteiger partial charge is 0.462 e. The van der Waals surface area contributed by atoms with Crippen LogP contribution in [0, 0.1) is 0 Å². The molecule has 0 saturated heterocycles. The summed E-state index contributed by atoms with van der Waals surface area (Å²) >= 11 is 0. The lowest BCUT2D eigenvalue weighted by molar-refractivity contribution is -0.116. The van der Waals surface area contributed by atoms with Crippen LogP contribution in [-0.4, -0.2) is 24.2 Å². The third-order valence-corrected chi connectivity index (χ3v) is 3.99. The molecule has 3 rings (SSSR count). The molecule has 1 aliphatic rings. The Morgan fingerprint density at radius 3 is 2.88 bits per heavy atom. The number of nitrogens with zero attached hydrogens (tertiary/aromatic N) is 1. The monoisotopic (exact) mass is 352 g/mol.